The van der Waals surface area contributed by atoms with Gasteiger partial charge in [0.2, 0.25) is 11.8 Å². The second-order valence-corrected chi connectivity index (χ2v) is 11.8. The molecule has 2 amide bonds. The number of carbonyl (C=O) groups excluding carboxylic acids is 2. The number of fused-ring (bicyclic) bond motifs is 1. The lowest BCUT2D eigenvalue weighted by Crippen LogP contribution is -2.61. The first kappa shape index (κ1) is 22.6. The summed E-state index contributed by atoms with van der Waals surface area (Å²) in [5.74, 6) is 0.366. The van der Waals surface area contributed by atoms with Crippen LogP contribution >= 0.6 is 11.3 Å². The highest BCUT2D eigenvalue weighted by Crippen LogP contribution is 2.55. The zero-order valence-corrected chi connectivity index (χ0v) is 21.0. The van der Waals surface area contributed by atoms with Crippen molar-refractivity contribution in [3.63, 3.8) is 0 Å². The summed E-state index contributed by atoms with van der Waals surface area (Å²) >= 11 is 1.64. The van der Waals surface area contributed by atoms with Crippen LogP contribution in [0.5, 0.6) is 0 Å². The monoisotopic (exact) mass is 465 g/mol. The molecule has 0 radical (unpaired) electrons. The molecule has 2 aromatic rings. The molecular weight excluding hydrogens is 430 g/mol. The van der Waals surface area contributed by atoms with E-state index < -0.39 is 0 Å². The standard InChI is InChI=1S/C27H35N3O2S/c1-17-23(33-18(2)28-17)15-26(32)30-22-16-27(4)24(12-8-9-13-25(27)30)29(19(3)31)21(22)14-20-10-6-5-7-11-20/h5-7,10-11,21-22,24-25H,8-9,12-16H2,1-4H3/t21-,22+,24-,25+,27-/m1/s1. The number of nitrogens with zero attached hydrogens (tertiary/aromatic N) is 3. The van der Waals surface area contributed by atoms with Gasteiger partial charge in [-0.05, 0) is 45.1 Å². The van der Waals surface area contributed by atoms with Crippen molar-refractivity contribution in [3.05, 3.63) is 51.5 Å². The van der Waals surface area contributed by atoms with Crippen molar-refractivity contribution in [3.8, 4) is 0 Å². The number of carbonyl (C=O) groups is 2. The van der Waals surface area contributed by atoms with E-state index in [1.807, 2.05) is 19.9 Å². The summed E-state index contributed by atoms with van der Waals surface area (Å²) in [6, 6.07) is 11.0. The fourth-order valence-electron chi connectivity index (χ4n) is 7.13. The average Bonchev–Trinajstić information content (AvgIpc) is 3.16. The number of amides is 2. The van der Waals surface area contributed by atoms with Crippen molar-refractivity contribution >= 4 is 23.2 Å². The van der Waals surface area contributed by atoms with Crippen LogP contribution in [0.15, 0.2) is 30.3 Å². The molecule has 2 saturated heterocycles. The fraction of sp³-hybridized carbons (Fsp3) is 0.593. The maximum Gasteiger partial charge on any atom is 0.228 e. The van der Waals surface area contributed by atoms with Crippen LogP contribution in [0, 0.1) is 19.3 Å². The number of aryl methyl sites for hydroxylation is 2. The van der Waals surface area contributed by atoms with Crippen LogP contribution in [0.4, 0.5) is 0 Å². The summed E-state index contributed by atoms with van der Waals surface area (Å²) in [6.45, 7) is 8.09. The number of hydrogen-bond donors (Lipinski definition) is 0. The van der Waals surface area contributed by atoms with Crippen LogP contribution in [0.3, 0.4) is 0 Å². The fourth-order valence-corrected chi connectivity index (χ4v) is 8.06. The van der Waals surface area contributed by atoms with Crippen molar-refractivity contribution < 1.29 is 9.59 Å². The molecule has 1 aromatic carbocycles. The minimum atomic E-state index is -0.0334. The van der Waals surface area contributed by atoms with Gasteiger partial charge in [0.05, 0.1) is 29.2 Å². The topological polar surface area (TPSA) is 53.5 Å². The first-order valence-electron chi connectivity index (χ1n) is 12.4. The van der Waals surface area contributed by atoms with Crippen LogP contribution in [0.25, 0.3) is 0 Å². The maximum atomic E-state index is 13.9. The molecule has 33 heavy (non-hydrogen) atoms. The number of rotatable bonds is 4. The highest BCUT2D eigenvalue weighted by molar-refractivity contribution is 7.11. The Morgan fingerprint density at radius 1 is 1.09 bits per heavy atom. The van der Waals surface area contributed by atoms with Crippen LogP contribution in [-0.4, -0.2) is 50.8 Å². The Balaban J connectivity index is 1.55. The molecule has 5 nitrogen and oxygen atoms in total. The number of benzene rings is 1. The number of likely N-dealkylation sites (tertiary alicyclic amines) is 2. The average molecular weight is 466 g/mol. The van der Waals surface area contributed by atoms with Gasteiger partial charge in [-0.15, -0.1) is 11.3 Å². The van der Waals surface area contributed by atoms with Gasteiger partial charge < -0.3 is 9.80 Å². The summed E-state index contributed by atoms with van der Waals surface area (Å²) in [5.41, 5.74) is 2.18. The van der Waals surface area contributed by atoms with Crippen LogP contribution < -0.4 is 0 Å². The Bertz CT molecular complexity index is 1050. The molecule has 3 fully saturated rings. The van der Waals surface area contributed by atoms with Gasteiger partial charge in [0.1, 0.15) is 0 Å². The molecule has 176 valence electrons. The van der Waals surface area contributed by atoms with Crippen LogP contribution in [0.2, 0.25) is 0 Å². The van der Waals surface area contributed by atoms with Gasteiger partial charge in [-0.3, -0.25) is 9.59 Å². The molecule has 2 aliphatic heterocycles. The smallest absolute Gasteiger partial charge is 0.228 e. The zero-order valence-electron chi connectivity index (χ0n) is 20.2. The molecule has 1 aliphatic carbocycles. The molecule has 1 saturated carbocycles. The first-order chi connectivity index (χ1) is 15.8. The van der Waals surface area contributed by atoms with Gasteiger partial charge in [-0.1, -0.05) is 50.1 Å². The summed E-state index contributed by atoms with van der Waals surface area (Å²) < 4.78 is 0. The quantitative estimate of drug-likeness (QED) is 0.658. The molecular formula is C27H35N3O2S. The maximum absolute atomic E-state index is 13.9. The number of hydrogen-bond acceptors (Lipinski definition) is 4. The third-order valence-electron chi connectivity index (χ3n) is 8.46. The lowest BCUT2D eigenvalue weighted by atomic mass is 9.69. The Morgan fingerprint density at radius 2 is 1.76 bits per heavy atom. The van der Waals surface area contributed by atoms with Crippen molar-refractivity contribution in [1.29, 1.82) is 0 Å². The Hall–Kier alpha value is -2.21. The van der Waals surface area contributed by atoms with Gasteiger partial charge in [-0.2, -0.15) is 0 Å². The van der Waals surface area contributed by atoms with E-state index in [1.54, 1.807) is 18.3 Å². The van der Waals surface area contributed by atoms with E-state index in [0.717, 1.165) is 54.1 Å². The molecule has 5 atom stereocenters. The van der Waals surface area contributed by atoms with Crippen molar-refractivity contribution in [2.45, 2.75) is 96.8 Å². The molecule has 6 heteroatoms. The third-order valence-corrected chi connectivity index (χ3v) is 9.53. The highest BCUT2D eigenvalue weighted by Gasteiger charge is 2.63. The van der Waals surface area contributed by atoms with Crippen molar-refractivity contribution in [2.75, 3.05) is 0 Å². The summed E-state index contributed by atoms with van der Waals surface area (Å²) in [4.78, 5) is 37.1. The SMILES string of the molecule is CC(=O)N1[C@H](Cc2ccccc2)[C@@H]2C[C@@]3(C)[C@H](CCCC[C@@H]13)N2C(=O)Cc1sc(C)nc1C. The predicted molar refractivity (Wildman–Crippen MR) is 131 cm³/mol. The summed E-state index contributed by atoms with van der Waals surface area (Å²) in [6.07, 6.45) is 6.55. The molecule has 5 rings (SSSR count). The molecule has 0 N–H and O–H groups in total. The van der Waals surface area contributed by atoms with Gasteiger partial charge >= 0.3 is 0 Å². The van der Waals surface area contributed by atoms with E-state index in [4.69, 9.17) is 0 Å². The second kappa shape index (κ2) is 8.53. The van der Waals surface area contributed by atoms with E-state index in [0.29, 0.717) is 6.42 Å². The Labute approximate surface area is 201 Å². The van der Waals surface area contributed by atoms with E-state index in [9.17, 15) is 9.59 Å². The van der Waals surface area contributed by atoms with Gasteiger partial charge in [0.25, 0.3) is 0 Å². The largest absolute Gasteiger partial charge is 0.334 e. The van der Waals surface area contributed by atoms with Gasteiger partial charge in [0.15, 0.2) is 0 Å². The minimum absolute atomic E-state index is 0.0271. The number of piperidine rings is 1. The molecule has 3 aliphatic rings. The number of aromatic nitrogens is 1. The number of thiazole rings is 1. The van der Waals surface area contributed by atoms with Crippen molar-refractivity contribution in [1.82, 2.24) is 14.8 Å². The van der Waals surface area contributed by atoms with Gasteiger partial charge in [-0.25, -0.2) is 4.98 Å². The van der Waals surface area contributed by atoms with E-state index in [1.165, 1.54) is 5.56 Å². The predicted octanol–water partition coefficient (Wildman–Crippen LogP) is 4.69. The lowest BCUT2D eigenvalue weighted by molar-refractivity contribution is -0.143. The normalized spacial score (nSPS) is 30.9. The Morgan fingerprint density at radius 3 is 2.36 bits per heavy atom. The van der Waals surface area contributed by atoms with E-state index >= 15 is 0 Å². The van der Waals surface area contributed by atoms with E-state index in [-0.39, 0.29) is 41.4 Å². The lowest BCUT2D eigenvalue weighted by Gasteiger charge is -2.50. The van der Waals surface area contributed by atoms with Crippen LogP contribution in [0.1, 0.15) is 67.1 Å². The molecule has 2 bridgehead atoms. The molecule has 3 heterocycles. The minimum Gasteiger partial charge on any atom is -0.334 e. The summed E-state index contributed by atoms with van der Waals surface area (Å²) in [5, 5.41) is 1.02. The first-order valence-corrected chi connectivity index (χ1v) is 13.2. The van der Waals surface area contributed by atoms with Crippen molar-refractivity contribution in [2.24, 2.45) is 5.41 Å². The highest BCUT2D eigenvalue weighted by atomic mass is 32.1. The second-order valence-electron chi connectivity index (χ2n) is 10.5. The molecule has 1 aromatic heterocycles. The van der Waals surface area contributed by atoms with E-state index in [2.05, 4.69) is 46.0 Å². The summed E-state index contributed by atoms with van der Waals surface area (Å²) in [7, 11) is 0. The zero-order chi connectivity index (χ0) is 23.3. The molecule has 0 spiro atoms. The third kappa shape index (κ3) is 3.80. The van der Waals surface area contributed by atoms with Crippen LogP contribution in [-0.2, 0) is 22.4 Å². The Kier molecular flexibility index (Phi) is 5.84. The molecule has 0 unspecified atom stereocenters. The van der Waals surface area contributed by atoms with Gasteiger partial charge in [0, 0.05) is 29.3 Å².